The lowest BCUT2D eigenvalue weighted by Crippen LogP contribution is -2.61. The molecule has 2 heterocycles. The van der Waals surface area contributed by atoms with E-state index in [9.17, 15) is 43.5 Å². The van der Waals surface area contributed by atoms with Crippen LogP contribution in [-0.2, 0) is 56.0 Å². The first-order valence-corrected chi connectivity index (χ1v) is 28.5. The van der Waals surface area contributed by atoms with Crippen molar-refractivity contribution in [2.75, 3.05) is 19.6 Å². The van der Waals surface area contributed by atoms with Crippen LogP contribution in [0.3, 0.4) is 0 Å². The van der Waals surface area contributed by atoms with E-state index in [-0.39, 0.29) is 101 Å². The number of fused-ring (bicyclic) bond motifs is 2. The quantitative estimate of drug-likeness (QED) is 0.0132. The molecule has 0 saturated carbocycles. The van der Waals surface area contributed by atoms with Gasteiger partial charge in [-0.3, -0.25) is 54.6 Å². The summed E-state index contributed by atoms with van der Waals surface area (Å²) in [7, 11) is 0. The fourth-order valence-electron chi connectivity index (χ4n) is 9.27. The molecule has 30 nitrogen and oxygen atoms in total. The number of primary amides is 1. The number of rotatable bonds is 37. The standard InChI is InChI=1S/C56H86N20O10/c1-5-30(4)45(76-50(82)42(74-51(83)44(58)29(2)3)26-32-28-69-36-16-9-7-14-34(32)36)52(84)75-41(25-31-27-68-35-15-8-6-13-33(31)35)49(81)71-38(18-11-23-66-55(61)62)46(78)70-37(17-10-22-65-54(59)60)47(79)72-39(20-21-43(57)77)48(80)73-40(53(85)86)19-12-24-67-56(63)64/h6-9,13-16,27-30,37-42,44-45,68-69H,5,10-12,17-26,58H2,1-4H3,(H2,57,77)(H,70,78)(H,71,81)(H,72,79)(H,73,80)(H,74,83)(H,75,84)(H,76,82)(H,85,86)(H4,59,60,65)(H4,61,62,66)(H4,63,64,67)/t30-,37-,38-,39-,40-,41-,42-,44-,45-/m0/s1. The van der Waals surface area contributed by atoms with Gasteiger partial charge in [-0.25, -0.2) is 4.79 Å². The van der Waals surface area contributed by atoms with Crippen LogP contribution in [0.1, 0.15) is 96.6 Å². The predicted molar refractivity (Wildman–Crippen MR) is 323 cm³/mol. The van der Waals surface area contributed by atoms with Gasteiger partial charge in [-0.2, -0.15) is 0 Å². The minimum atomic E-state index is -1.57. The number of aromatic amines is 2. The van der Waals surface area contributed by atoms with Crippen LogP contribution in [0.2, 0.25) is 0 Å². The number of nitrogens with one attached hydrogen (secondary N) is 15. The number of hydrogen-bond donors (Lipinski definition) is 21. The number of carbonyl (C=O) groups excluding carboxylic acids is 8. The van der Waals surface area contributed by atoms with Crippen LogP contribution >= 0.6 is 0 Å². The highest BCUT2D eigenvalue weighted by Crippen LogP contribution is 2.22. The van der Waals surface area contributed by atoms with Crippen LogP contribution in [0.25, 0.3) is 21.8 Å². The SMILES string of the molecule is CC[C@H](C)[C@H](NC(=O)[C@H](Cc1c[nH]c2ccccc12)NC(=O)[C@@H](N)C(C)C)C(=O)N[C@@H](Cc1c[nH]c2ccccc12)C(=O)N[C@@H](CCCNC(=N)N)C(=O)N[C@@H](CCCNC(=N)N)C(=O)N[C@@H](CCC(N)=O)C(=O)N[C@@H](CCCNC(=N)N)C(=O)O. The fraction of sp³-hybridized carbons (Fsp3) is 0.500. The number of H-pyrrole nitrogens is 2. The minimum Gasteiger partial charge on any atom is -0.480 e. The van der Waals surface area contributed by atoms with Gasteiger partial charge in [0.15, 0.2) is 17.9 Å². The first-order chi connectivity index (χ1) is 40.8. The number of carboxylic acids is 1. The van der Waals surface area contributed by atoms with Gasteiger partial charge in [0.05, 0.1) is 6.04 Å². The Kier molecular flexibility index (Phi) is 27.6. The summed E-state index contributed by atoms with van der Waals surface area (Å²) in [5, 5.41) is 60.6. The van der Waals surface area contributed by atoms with Crippen molar-refractivity contribution in [3.05, 3.63) is 72.1 Å². The maximum atomic E-state index is 15.0. The van der Waals surface area contributed by atoms with E-state index in [1.165, 1.54) is 0 Å². The van der Waals surface area contributed by atoms with Gasteiger partial charge in [-0.05, 0) is 80.0 Å². The number of hydrogen-bond acceptors (Lipinski definition) is 13. The maximum Gasteiger partial charge on any atom is 0.326 e. The zero-order chi connectivity index (χ0) is 63.6. The highest BCUT2D eigenvalue weighted by Gasteiger charge is 2.37. The molecule has 0 bridgehead atoms. The maximum absolute atomic E-state index is 15.0. The summed E-state index contributed by atoms with van der Waals surface area (Å²) in [5.74, 6) is -10.1. The Morgan fingerprint density at radius 1 is 0.500 bits per heavy atom. The summed E-state index contributed by atoms with van der Waals surface area (Å²) >= 11 is 0. The Morgan fingerprint density at radius 2 is 0.860 bits per heavy atom. The van der Waals surface area contributed by atoms with Gasteiger partial charge in [0.25, 0.3) is 0 Å². The summed E-state index contributed by atoms with van der Waals surface area (Å²) in [5.41, 5.74) is 30.8. The van der Waals surface area contributed by atoms with Crippen molar-refractivity contribution in [1.29, 1.82) is 16.2 Å². The molecule has 0 spiro atoms. The molecule has 26 N–H and O–H groups in total. The Bertz CT molecular complexity index is 3020. The summed E-state index contributed by atoms with van der Waals surface area (Å²) < 4.78 is 0. The lowest BCUT2D eigenvalue weighted by molar-refractivity contribution is -0.142. The normalized spacial score (nSPS) is 14.3. The van der Waals surface area contributed by atoms with E-state index in [1.807, 2.05) is 43.3 Å². The second kappa shape index (κ2) is 34.3. The second-order valence-electron chi connectivity index (χ2n) is 21.4. The third kappa shape index (κ3) is 22.3. The number of aromatic nitrogens is 2. The summed E-state index contributed by atoms with van der Waals surface area (Å²) in [6.45, 7) is 7.27. The highest BCUT2D eigenvalue weighted by molar-refractivity contribution is 5.99. The Morgan fingerprint density at radius 3 is 1.26 bits per heavy atom. The van der Waals surface area contributed by atoms with Crippen LogP contribution in [0.15, 0.2) is 60.9 Å². The molecule has 9 atom stereocenters. The molecule has 86 heavy (non-hydrogen) atoms. The van der Waals surface area contributed by atoms with Crippen LogP contribution < -0.4 is 81.8 Å². The third-order valence-corrected chi connectivity index (χ3v) is 14.4. The van der Waals surface area contributed by atoms with Gasteiger partial charge in [0, 0.05) is 73.1 Å². The predicted octanol–water partition coefficient (Wildman–Crippen LogP) is -2.00. The number of guanidine groups is 3. The number of para-hydroxylation sites is 2. The first kappa shape index (κ1) is 69.0. The smallest absolute Gasteiger partial charge is 0.326 e. The van der Waals surface area contributed by atoms with E-state index in [0.717, 1.165) is 10.9 Å². The molecule has 0 aliphatic heterocycles. The number of benzene rings is 2. The summed E-state index contributed by atoms with van der Waals surface area (Å²) in [6, 6.07) is 3.67. The molecule has 470 valence electrons. The van der Waals surface area contributed by atoms with E-state index < -0.39 is 114 Å². The molecule has 0 aliphatic carbocycles. The molecule has 0 unspecified atom stereocenters. The molecule has 8 amide bonds. The monoisotopic (exact) mass is 1200 g/mol. The largest absolute Gasteiger partial charge is 0.480 e. The molecule has 2 aromatic carbocycles. The molecular weight excluding hydrogens is 1110 g/mol. The van der Waals surface area contributed by atoms with Crippen molar-refractivity contribution in [1.82, 2.24) is 63.1 Å². The van der Waals surface area contributed by atoms with E-state index in [1.54, 1.807) is 45.3 Å². The number of carboxylic acid groups (broad SMARTS) is 1. The van der Waals surface area contributed by atoms with Gasteiger partial charge in [0.2, 0.25) is 47.3 Å². The zero-order valence-electron chi connectivity index (χ0n) is 49.0. The average Bonchev–Trinajstić information content (AvgIpc) is 2.64. The highest BCUT2D eigenvalue weighted by atomic mass is 16.4. The summed E-state index contributed by atoms with van der Waals surface area (Å²) in [4.78, 5) is 131. The molecule has 4 rings (SSSR count). The fourth-order valence-corrected chi connectivity index (χ4v) is 9.27. The van der Waals surface area contributed by atoms with Crippen molar-refractivity contribution in [3.63, 3.8) is 0 Å². The third-order valence-electron chi connectivity index (χ3n) is 14.4. The van der Waals surface area contributed by atoms with Crippen molar-refractivity contribution in [3.8, 4) is 0 Å². The zero-order valence-corrected chi connectivity index (χ0v) is 49.0. The topological polar surface area (TPSA) is 527 Å². The van der Waals surface area contributed by atoms with Gasteiger partial charge in [-0.15, -0.1) is 0 Å². The Balaban J connectivity index is 1.71. The van der Waals surface area contributed by atoms with E-state index in [2.05, 4.69) is 63.1 Å². The Hall–Kier alpha value is -9.48. The molecule has 0 saturated heterocycles. The molecule has 30 heteroatoms. The average molecular weight is 1200 g/mol. The molecule has 4 aromatic rings. The first-order valence-electron chi connectivity index (χ1n) is 28.5. The van der Waals surface area contributed by atoms with Crippen molar-refractivity contribution in [2.24, 2.45) is 40.5 Å². The number of amides is 8. The van der Waals surface area contributed by atoms with Crippen LogP contribution in [0.5, 0.6) is 0 Å². The van der Waals surface area contributed by atoms with Gasteiger partial charge >= 0.3 is 5.97 Å². The Labute approximate surface area is 497 Å². The lowest BCUT2D eigenvalue weighted by atomic mass is 9.95. The van der Waals surface area contributed by atoms with Gasteiger partial charge < -0.3 is 96.9 Å². The minimum absolute atomic E-state index is 0.0114. The van der Waals surface area contributed by atoms with Crippen LogP contribution in [-0.4, -0.2) is 154 Å². The number of carbonyl (C=O) groups is 9. The number of aliphatic carboxylic acids is 1. The molecule has 2 aromatic heterocycles. The van der Waals surface area contributed by atoms with Crippen LogP contribution in [0, 0.1) is 28.1 Å². The van der Waals surface area contributed by atoms with E-state index in [4.69, 9.17) is 44.9 Å². The van der Waals surface area contributed by atoms with Crippen molar-refractivity contribution >= 4 is 92.9 Å². The van der Waals surface area contributed by atoms with Gasteiger partial charge in [0.1, 0.15) is 42.3 Å². The van der Waals surface area contributed by atoms with E-state index in [0.29, 0.717) is 28.5 Å². The molecular formula is C56H86N20O10. The van der Waals surface area contributed by atoms with Crippen LogP contribution in [0.4, 0.5) is 0 Å². The molecule has 0 radical (unpaired) electrons. The summed E-state index contributed by atoms with van der Waals surface area (Å²) in [6.07, 6.45) is 2.69. The van der Waals surface area contributed by atoms with E-state index >= 15 is 4.79 Å². The van der Waals surface area contributed by atoms with Gasteiger partial charge in [-0.1, -0.05) is 70.5 Å². The van der Waals surface area contributed by atoms with Crippen molar-refractivity contribution < 1.29 is 48.3 Å². The molecule has 0 fully saturated rings. The number of nitrogens with two attached hydrogens (primary N) is 5. The van der Waals surface area contributed by atoms with Crippen molar-refractivity contribution in [2.45, 2.75) is 147 Å². The lowest BCUT2D eigenvalue weighted by Gasteiger charge is -2.30. The second-order valence-corrected chi connectivity index (χ2v) is 21.4. The molecule has 0 aliphatic rings.